The Labute approximate surface area is 150 Å². The molecule has 0 spiro atoms. The van der Waals surface area contributed by atoms with Gasteiger partial charge in [0.15, 0.2) is 0 Å². The van der Waals surface area contributed by atoms with Crippen LogP contribution < -0.4 is 16.4 Å². The summed E-state index contributed by atoms with van der Waals surface area (Å²) < 4.78 is 0. The minimum Gasteiger partial charge on any atom is -0.357 e. The van der Waals surface area contributed by atoms with Crippen molar-refractivity contribution < 1.29 is 14.4 Å². The van der Waals surface area contributed by atoms with E-state index < -0.39 is 18.1 Å². The number of nitrogens with one attached hydrogen (secondary N) is 2. The van der Waals surface area contributed by atoms with Crippen LogP contribution >= 0.6 is 0 Å². The molecule has 1 aliphatic carbocycles. The highest BCUT2D eigenvalue weighted by molar-refractivity contribution is 5.93. The van der Waals surface area contributed by atoms with E-state index in [4.69, 9.17) is 5.73 Å². The molecule has 0 aromatic rings. The molecule has 7 heteroatoms. The number of rotatable bonds is 6. The number of carbonyl (C=O) groups excluding carboxylic acids is 3. The second kappa shape index (κ2) is 9.17. The molecule has 0 aromatic carbocycles. The maximum Gasteiger partial charge on any atom is 0.243 e. The molecular weight excluding hydrogens is 320 g/mol. The summed E-state index contributed by atoms with van der Waals surface area (Å²) in [6, 6.07) is -1.60. The lowest BCUT2D eigenvalue weighted by Crippen LogP contribution is -2.56. The Bertz CT molecular complexity index is 491. The van der Waals surface area contributed by atoms with Crippen LogP contribution in [0.2, 0.25) is 0 Å². The molecular formula is C18H32N4O3. The predicted molar refractivity (Wildman–Crippen MR) is 95.6 cm³/mol. The standard InChI is InChI=1S/C18H32N4O3/c1-3-13(16(23)20-2)21-17(24)14-10-7-11-22(14)18(25)15(19)12-8-5-4-6-9-12/h12-15H,3-11,19H2,1-2H3,(H,20,23)(H,21,24)/t13-,14-,15-/m0/s1. The summed E-state index contributed by atoms with van der Waals surface area (Å²) >= 11 is 0. The number of carbonyl (C=O) groups is 3. The van der Waals surface area contributed by atoms with Gasteiger partial charge in [-0.25, -0.2) is 0 Å². The molecule has 2 aliphatic rings. The van der Waals surface area contributed by atoms with Crippen molar-refractivity contribution in [1.82, 2.24) is 15.5 Å². The van der Waals surface area contributed by atoms with Crippen molar-refractivity contribution in [2.24, 2.45) is 11.7 Å². The molecule has 4 N–H and O–H groups in total. The maximum absolute atomic E-state index is 12.8. The second-order valence-electron chi connectivity index (χ2n) is 7.20. The number of amides is 3. The van der Waals surface area contributed by atoms with Crippen molar-refractivity contribution >= 4 is 17.7 Å². The van der Waals surface area contributed by atoms with Crippen LogP contribution in [0.4, 0.5) is 0 Å². The Balaban J connectivity index is 1.99. The van der Waals surface area contributed by atoms with E-state index in [0.717, 1.165) is 32.1 Å². The molecule has 25 heavy (non-hydrogen) atoms. The molecule has 3 amide bonds. The molecule has 1 heterocycles. The highest BCUT2D eigenvalue weighted by atomic mass is 16.2. The van der Waals surface area contributed by atoms with E-state index in [-0.39, 0.29) is 23.6 Å². The average molecular weight is 352 g/mol. The fraction of sp³-hybridized carbons (Fsp3) is 0.833. The summed E-state index contributed by atoms with van der Waals surface area (Å²) in [5.74, 6) is -0.361. The molecule has 0 aromatic heterocycles. The third-order valence-corrected chi connectivity index (χ3v) is 5.57. The Morgan fingerprint density at radius 1 is 1.12 bits per heavy atom. The molecule has 0 unspecified atom stereocenters. The second-order valence-corrected chi connectivity index (χ2v) is 7.20. The normalized spacial score (nSPS) is 23.8. The molecule has 3 atom stereocenters. The first kappa shape index (κ1) is 19.7. The van der Waals surface area contributed by atoms with Crippen molar-refractivity contribution in [2.75, 3.05) is 13.6 Å². The van der Waals surface area contributed by atoms with E-state index in [1.54, 1.807) is 11.9 Å². The summed E-state index contributed by atoms with van der Waals surface area (Å²) in [5.41, 5.74) is 6.24. The number of nitrogens with zero attached hydrogens (tertiary/aromatic N) is 1. The van der Waals surface area contributed by atoms with Crippen LogP contribution in [0.15, 0.2) is 0 Å². The van der Waals surface area contributed by atoms with Crippen LogP contribution in [0.5, 0.6) is 0 Å². The Hall–Kier alpha value is -1.63. The smallest absolute Gasteiger partial charge is 0.243 e. The van der Waals surface area contributed by atoms with E-state index in [1.165, 1.54) is 6.42 Å². The molecule has 7 nitrogen and oxygen atoms in total. The van der Waals surface area contributed by atoms with Crippen LogP contribution in [0.3, 0.4) is 0 Å². The van der Waals surface area contributed by atoms with E-state index in [0.29, 0.717) is 19.4 Å². The maximum atomic E-state index is 12.8. The summed E-state index contributed by atoms with van der Waals surface area (Å²) in [6.45, 7) is 2.41. The monoisotopic (exact) mass is 352 g/mol. The summed E-state index contributed by atoms with van der Waals surface area (Å²) in [4.78, 5) is 38.9. The largest absolute Gasteiger partial charge is 0.357 e. The van der Waals surface area contributed by atoms with Crippen LogP contribution in [0.1, 0.15) is 58.3 Å². The minimum absolute atomic E-state index is 0.113. The van der Waals surface area contributed by atoms with Crippen molar-refractivity contribution in [3.63, 3.8) is 0 Å². The predicted octanol–water partition coefficient (Wildman–Crippen LogP) is 0.526. The third kappa shape index (κ3) is 4.71. The van der Waals surface area contributed by atoms with Crippen molar-refractivity contribution in [1.29, 1.82) is 0 Å². The first-order chi connectivity index (χ1) is 12.0. The van der Waals surface area contributed by atoms with Gasteiger partial charge in [-0.05, 0) is 38.0 Å². The molecule has 0 radical (unpaired) electrons. The summed E-state index contributed by atoms with van der Waals surface area (Å²) in [6.07, 6.45) is 7.37. The number of hydrogen-bond donors (Lipinski definition) is 3. The van der Waals surface area contributed by atoms with Crippen LogP contribution in [-0.4, -0.2) is 54.3 Å². The van der Waals surface area contributed by atoms with Gasteiger partial charge in [0.1, 0.15) is 12.1 Å². The SMILES string of the molecule is CC[C@H](NC(=O)[C@@H]1CCCN1C(=O)[C@@H](N)C1CCCCC1)C(=O)NC. The summed E-state index contributed by atoms with van der Waals surface area (Å²) in [7, 11) is 1.55. The Morgan fingerprint density at radius 3 is 2.40 bits per heavy atom. The zero-order valence-electron chi connectivity index (χ0n) is 15.4. The van der Waals surface area contributed by atoms with Gasteiger partial charge in [0.2, 0.25) is 17.7 Å². The van der Waals surface area contributed by atoms with Gasteiger partial charge in [0, 0.05) is 13.6 Å². The fourth-order valence-corrected chi connectivity index (χ4v) is 3.98. The first-order valence-corrected chi connectivity index (χ1v) is 9.57. The lowest BCUT2D eigenvalue weighted by molar-refractivity contribution is -0.141. The summed E-state index contributed by atoms with van der Waals surface area (Å²) in [5, 5.41) is 5.33. The van der Waals surface area contributed by atoms with Crippen molar-refractivity contribution in [2.45, 2.75) is 76.4 Å². The number of likely N-dealkylation sites (N-methyl/N-ethyl adjacent to an activating group) is 1. The van der Waals surface area contributed by atoms with Crippen LogP contribution in [0, 0.1) is 5.92 Å². The van der Waals surface area contributed by atoms with Gasteiger partial charge in [-0.3, -0.25) is 14.4 Å². The molecule has 142 valence electrons. The van der Waals surface area contributed by atoms with Gasteiger partial charge in [-0.1, -0.05) is 26.2 Å². The quantitative estimate of drug-likeness (QED) is 0.648. The highest BCUT2D eigenvalue weighted by Gasteiger charge is 2.39. The molecule has 0 bridgehead atoms. The number of nitrogens with two attached hydrogens (primary N) is 1. The van der Waals surface area contributed by atoms with Crippen molar-refractivity contribution in [3.05, 3.63) is 0 Å². The minimum atomic E-state index is -0.568. The lowest BCUT2D eigenvalue weighted by Gasteiger charge is -2.32. The van der Waals surface area contributed by atoms with E-state index in [2.05, 4.69) is 10.6 Å². The first-order valence-electron chi connectivity index (χ1n) is 9.57. The molecule has 1 saturated heterocycles. The van der Waals surface area contributed by atoms with E-state index in [9.17, 15) is 14.4 Å². The van der Waals surface area contributed by atoms with Crippen LogP contribution in [-0.2, 0) is 14.4 Å². The van der Waals surface area contributed by atoms with Crippen molar-refractivity contribution in [3.8, 4) is 0 Å². The average Bonchev–Trinajstić information content (AvgIpc) is 3.14. The topological polar surface area (TPSA) is 105 Å². The van der Waals surface area contributed by atoms with Gasteiger partial charge < -0.3 is 21.3 Å². The molecule has 2 rings (SSSR count). The lowest BCUT2D eigenvalue weighted by atomic mass is 9.83. The Morgan fingerprint density at radius 2 is 1.80 bits per heavy atom. The van der Waals surface area contributed by atoms with Gasteiger partial charge in [0.25, 0.3) is 0 Å². The number of hydrogen-bond acceptors (Lipinski definition) is 4. The third-order valence-electron chi connectivity index (χ3n) is 5.57. The van der Waals surface area contributed by atoms with Gasteiger partial charge in [-0.2, -0.15) is 0 Å². The van der Waals surface area contributed by atoms with Gasteiger partial charge in [-0.15, -0.1) is 0 Å². The van der Waals surface area contributed by atoms with Gasteiger partial charge >= 0.3 is 0 Å². The Kier molecular flexibility index (Phi) is 7.23. The van der Waals surface area contributed by atoms with Gasteiger partial charge in [0.05, 0.1) is 6.04 Å². The fourth-order valence-electron chi connectivity index (χ4n) is 3.98. The molecule has 1 aliphatic heterocycles. The zero-order chi connectivity index (χ0) is 18.4. The molecule has 1 saturated carbocycles. The van der Waals surface area contributed by atoms with E-state index >= 15 is 0 Å². The van der Waals surface area contributed by atoms with Crippen LogP contribution in [0.25, 0.3) is 0 Å². The molecule has 2 fully saturated rings. The number of likely N-dealkylation sites (tertiary alicyclic amines) is 1. The van der Waals surface area contributed by atoms with E-state index in [1.807, 2.05) is 6.92 Å². The zero-order valence-corrected chi connectivity index (χ0v) is 15.4. The highest BCUT2D eigenvalue weighted by Crippen LogP contribution is 2.28.